The van der Waals surface area contributed by atoms with Gasteiger partial charge in [0.1, 0.15) is 17.1 Å². The van der Waals surface area contributed by atoms with Crippen molar-refractivity contribution in [3.05, 3.63) is 132 Å². The summed E-state index contributed by atoms with van der Waals surface area (Å²) in [7, 11) is -2.83. The predicted molar refractivity (Wildman–Crippen MR) is 174 cm³/mol. The monoisotopic (exact) mass is 656 g/mol. The fraction of sp³-hybridized carbons (Fsp3) is 0.0857. The standard InChI is InChI=1S/C35H29FN2O8S/c1-45-32-16-14-29(21-30(32)35(41)42)47(43,44)38-27-4-2-3-22(19-27)17-18-46-33-15-11-26(20-31(33)36)37-34(40)25-7-5-23(6-8-25)24-9-12-28(39)13-10-24/h2-16,19-21,38-39H,17-18H2,1H3,(H,37,40)(H,41,42). The van der Waals surface area contributed by atoms with Crippen LogP contribution in [-0.2, 0) is 16.4 Å². The highest BCUT2D eigenvalue weighted by molar-refractivity contribution is 7.92. The number of anilines is 2. The number of aromatic carboxylic acids is 1. The van der Waals surface area contributed by atoms with Crippen molar-refractivity contribution in [2.24, 2.45) is 0 Å². The fourth-order valence-electron chi connectivity index (χ4n) is 4.67. The molecule has 0 saturated heterocycles. The lowest BCUT2D eigenvalue weighted by Gasteiger charge is -2.12. The van der Waals surface area contributed by atoms with Crippen molar-refractivity contribution in [1.29, 1.82) is 0 Å². The van der Waals surface area contributed by atoms with E-state index in [1.165, 1.54) is 31.4 Å². The molecule has 0 heterocycles. The molecule has 0 saturated carbocycles. The number of carboxylic acid groups (broad SMARTS) is 1. The molecular formula is C35H29FN2O8S. The van der Waals surface area contributed by atoms with Gasteiger partial charge in [0.15, 0.2) is 11.6 Å². The van der Waals surface area contributed by atoms with E-state index in [1.807, 2.05) is 0 Å². The summed E-state index contributed by atoms with van der Waals surface area (Å²) in [5, 5.41) is 21.5. The Balaban J connectivity index is 1.16. The minimum atomic E-state index is -4.11. The molecule has 0 unspecified atom stereocenters. The molecule has 240 valence electrons. The van der Waals surface area contributed by atoms with Crippen molar-refractivity contribution >= 4 is 33.3 Å². The zero-order chi connectivity index (χ0) is 33.6. The van der Waals surface area contributed by atoms with Gasteiger partial charge >= 0.3 is 5.97 Å². The van der Waals surface area contributed by atoms with Crippen molar-refractivity contribution in [1.82, 2.24) is 0 Å². The number of phenolic OH excluding ortho intramolecular Hbond substituents is 1. The second-order valence-electron chi connectivity index (χ2n) is 10.3. The minimum Gasteiger partial charge on any atom is -0.508 e. The number of sulfonamides is 1. The van der Waals surface area contributed by atoms with Crippen LogP contribution in [0.4, 0.5) is 15.8 Å². The van der Waals surface area contributed by atoms with Crippen LogP contribution < -0.4 is 19.5 Å². The van der Waals surface area contributed by atoms with Crippen LogP contribution in [-0.4, -0.2) is 44.2 Å². The molecule has 0 spiro atoms. The van der Waals surface area contributed by atoms with Crippen LogP contribution in [0.2, 0.25) is 0 Å². The number of hydrogen-bond donors (Lipinski definition) is 4. The van der Waals surface area contributed by atoms with Crippen molar-refractivity contribution in [2.45, 2.75) is 11.3 Å². The van der Waals surface area contributed by atoms with E-state index >= 15 is 0 Å². The first-order chi connectivity index (χ1) is 22.5. The zero-order valence-corrected chi connectivity index (χ0v) is 25.8. The Hall–Kier alpha value is -5.88. The maximum absolute atomic E-state index is 14.8. The number of phenols is 1. The molecular weight excluding hydrogens is 627 g/mol. The van der Waals surface area contributed by atoms with Gasteiger partial charge in [-0.3, -0.25) is 9.52 Å². The Morgan fingerprint density at radius 1 is 0.809 bits per heavy atom. The van der Waals surface area contributed by atoms with Crippen LogP contribution in [0.1, 0.15) is 26.3 Å². The number of benzene rings is 5. The smallest absolute Gasteiger partial charge is 0.339 e. The van der Waals surface area contributed by atoms with Crippen LogP contribution in [0.25, 0.3) is 11.1 Å². The summed E-state index contributed by atoms with van der Waals surface area (Å²) in [6, 6.07) is 27.7. The van der Waals surface area contributed by atoms with Crippen LogP contribution >= 0.6 is 0 Å². The molecule has 1 amide bonds. The predicted octanol–water partition coefficient (Wildman–Crippen LogP) is 6.58. The van der Waals surface area contributed by atoms with Gasteiger partial charge in [0, 0.05) is 29.4 Å². The van der Waals surface area contributed by atoms with E-state index in [-0.39, 0.29) is 45.7 Å². The zero-order valence-electron chi connectivity index (χ0n) is 24.9. The van der Waals surface area contributed by atoms with Gasteiger partial charge in [-0.1, -0.05) is 36.4 Å². The van der Waals surface area contributed by atoms with Crippen molar-refractivity contribution in [3.8, 4) is 28.4 Å². The van der Waals surface area contributed by atoms with Crippen LogP contribution in [0.3, 0.4) is 0 Å². The molecule has 5 rings (SSSR count). The molecule has 5 aromatic rings. The second-order valence-corrected chi connectivity index (χ2v) is 12.0. The summed E-state index contributed by atoms with van der Waals surface area (Å²) in [6.45, 7) is 0.0761. The Morgan fingerprint density at radius 2 is 1.49 bits per heavy atom. The average molecular weight is 657 g/mol. The third kappa shape index (κ3) is 8.05. The second kappa shape index (κ2) is 14.0. The molecule has 5 aromatic carbocycles. The highest BCUT2D eigenvalue weighted by Crippen LogP contribution is 2.26. The number of nitrogens with one attached hydrogen (secondary N) is 2. The maximum atomic E-state index is 14.8. The summed E-state index contributed by atoms with van der Waals surface area (Å²) in [5.74, 6) is -2.25. The number of hydrogen-bond acceptors (Lipinski definition) is 7. The number of halogens is 1. The van der Waals surface area contributed by atoms with Gasteiger partial charge in [-0.15, -0.1) is 0 Å². The van der Waals surface area contributed by atoms with Gasteiger partial charge in [0.25, 0.3) is 15.9 Å². The van der Waals surface area contributed by atoms with Gasteiger partial charge < -0.3 is 25.0 Å². The molecule has 0 aromatic heterocycles. The highest BCUT2D eigenvalue weighted by atomic mass is 32.2. The number of aromatic hydroxyl groups is 1. The summed E-state index contributed by atoms with van der Waals surface area (Å²) in [6.07, 6.45) is 0.319. The van der Waals surface area contributed by atoms with Crippen molar-refractivity contribution in [3.63, 3.8) is 0 Å². The van der Waals surface area contributed by atoms with E-state index in [2.05, 4.69) is 10.0 Å². The Morgan fingerprint density at radius 3 is 2.15 bits per heavy atom. The molecule has 4 N–H and O–H groups in total. The topological polar surface area (TPSA) is 151 Å². The summed E-state index contributed by atoms with van der Waals surface area (Å²) in [5.41, 5.74) is 3.03. The first kappa shape index (κ1) is 32.5. The van der Waals surface area contributed by atoms with Crippen LogP contribution in [0, 0.1) is 5.82 Å². The van der Waals surface area contributed by atoms with Gasteiger partial charge in [-0.05, 0) is 83.4 Å². The molecule has 0 radical (unpaired) electrons. The molecule has 47 heavy (non-hydrogen) atoms. The molecule has 10 nitrogen and oxygen atoms in total. The third-order valence-corrected chi connectivity index (χ3v) is 8.46. The Bertz CT molecular complexity index is 2030. The average Bonchev–Trinajstić information content (AvgIpc) is 3.06. The summed E-state index contributed by atoms with van der Waals surface area (Å²) >= 11 is 0. The van der Waals surface area contributed by atoms with E-state index in [1.54, 1.807) is 72.8 Å². The molecule has 0 fully saturated rings. The summed E-state index contributed by atoms with van der Waals surface area (Å²) in [4.78, 5) is 24.0. The van der Waals surface area contributed by atoms with E-state index < -0.39 is 27.7 Å². The summed E-state index contributed by atoms with van der Waals surface area (Å²) < 4.78 is 53.7. The molecule has 0 aliphatic carbocycles. The quantitative estimate of drug-likeness (QED) is 0.118. The number of carbonyl (C=O) groups excluding carboxylic acids is 1. The number of ether oxygens (including phenoxy) is 2. The Labute approximate surface area is 270 Å². The lowest BCUT2D eigenvalue weighted by Crippen LogP contribution is -2.14. The Kier molecular flexibility index (Phi) is 9.71. The van der Waals surface area contributed by atoms with E-state index in [0.717, 1.165) is 23.3 Å². The largest absolute Gasteiger partial charge is 0.508 e. The van der Waals surface area contributed by atoms with E-state index in [0.29, 0.717) is 17.5 Å². The van der Waals surface area contributed by atoms with Gasteiger partial charge in [0.2, 0.25) is 0 Å². The van der Waals surface area contributed by atoms with Crippen molar-refractivity contribution < 1.29 is 42.1 Å². The first-order valence-electron chi connectivity index (χ1n) is 14.2. The number of carbonyl (C=O) groups is 2. The first-order valence-corrected chi connectivity index (χ1v) is 15.7. The van der Waals surface area contributed by atoms with Crippen LogP contribution in [0.5, 0.6) is 17.2 Å². The molecule has 0 aliphatic heterocycles. The number of methoxy groups -OCH3 is 1. The highest BCUT2D eigenvalue weighted by Gasteiger charge is 2.20. The van der Waals surface area contributed by atoms with Gasteiger partial charge in [-0.25, -0.2) is 17.6 Å². The lowest BCUT2D eigenvalue weighted by molar-refractivity contribution is 0.0692. The minimum absolute atomic E-state index is 0.0214. The lowest BCUT2D eigenvalue weighted by atomic mass is 10.0. The molecule has 0 aliphatic rings. The number of rotatable bonds is 12. The third-order valence-electron chi connectivity index (χ3n) is 7.08. The number of amides is 1. The SMILES string of the molecule is COc1ccc(S(=O)(=O)Nc2cccc(CCOc3ccc(NC(=O)c4ccc(-c5ccc(O)cc5)cc4)cc3F)c2)cc1C(=O)O. The fourth-order valence-corrected chi connectivity index (χ4v) is 5.75. The van der Waals surface area contributed by atoms with Crippen LogP contribution in [0.15, 0.2) is 114 Å². The number of carboxylic acids is 1. The normalized spacial score (nSPS) is 11.0. The molecule has 12 heteroatoms. The molecule has 0 bridgehead atoms. The maximum Gasteiger partial charge on any atom is 0.339 e. The van der Waals surface area contributed by atoms with E-state index in [4.69, 9.17) is 9.47 Å². The van der Waals surface area contributed by atoms with Gasteiger partial charge in [0.05, 0.1) is 18.6 Å². The van der Waals surface area contributed by atoms with E-state index in [9.17, 15) is 32.6 Å². The van der Waals surface area contributed by atoms with Crippen molar-refractivity contribution in [2.75, 3.05) is 23.8 Å². The molecule has 0 atom stereocenters. The van der Waals surface area contributed by atoms with Gasteiger partial charge in [-0.2, -0.15) is 0 Å².